The fourth-order valence-electron chi connectivity index (χ4n) is 3.74. The van der Waals surface area contributed by atoms with Crippen LogP contribution >= 0.6 is 0 Å². The molecule has 1 aliphatic rings. The first-order valence-electron chi connectivity index (χ1n) is 8.51. The number of fused-ring (bicyclic) bond motifs is 3. The molecule has 0 saturated heterocycles. The molecule has 0 radical (unpaired) electrons. The maximum Gasteiger partial charge on any atom is 0.0485 e. The van der Waals surface area contributed by atoms with E-state index in [0.29, 0.717) is 0 Å². The van der Waals surface area contributed by atoms with E-state index in [2.05, 4.69) is 47.8 Å². The van der Waals surface area contributed by atoms with E-state index in [0.717, 1.165) is 6.54 Å². The zero-order valence-electron chi connectivity index (χ0n) is 13.9. The monoisotopic (exact) mass is 319 g/mol. The van der Waals surface area contributed by atoms with Crippen molar-refractivity contribution in [2.45, 2.75) is 51.5 Å². The molecule has 1 aliphatic carbocycles. The first kappa shape index (κ1) is 17.4. The lowest BCUT2D eigenvalue weighted by molar-refractivity contribution is -0.00000443. The van der Waals surface area contributed by atoms with Gasteiger partial charge in [0.25, 0.3) is 0 Å². The van der Waals surface area contributed by atoms with Gasteiger partial charge in [-0.1, -0.05) is 31.0 Å². The fourth-order valence-corrected chi connectivity index (χ4v) is 3.74. The number of para-hydroxylation sites is 1. The van der Waals surface area contributed by atoms with E-state index in [1.807, 2.05) is 0 Å². The smallest absolute Gasteiger partial charge is 0.0485 e. The van der Waals surface area contributed by atoms with Gasteiger partial charge in [-0.05, 0) is 64.4 Å². The number of hydrogen-bond donors (Lipinski definition) is 0. The van der Waals surface area contributed by atoms with Crippen LogP contribution in [0.25, 0.3) is 10.9 Å². The summed E-state index contributed by atoms with van der Waals surface area (Å²) in [4.78, 5) is 2.29. The summed E-state index contributed by atoms with van der Waals surface area (Å²) < 4.78 is 2.62. The number of hydrogen-bond acceptors (Lipinski definition) is 1. The third kappa shape index (κ3) is 3.67. The molecule has 0 atom stereocenters. The predicted octanol–water partition coefficient (Wildman–Crippen LogP) is 1.26. The molecule has 0 unspecified atom stereocenters. The highest BCUT2D eigenvalue weighted by atomic mass is 35.5. The molecule has 122 valence electrons. The quantitative estimate of drug-likeness (QED) is 0.823. The van der Waals surface area contributed by atoms with Crippen LogP contribution in [0.4, 0.5) is 0 Å². The molecule has 22 heavy (non-hydrogen) atoms. The van der Waals surface area contributed by atoms with Crippen molar-refractivity contribution >= 4 is 10.9 Å². The normalized spacial score (nSPS) is 15.2. The molecule has 3 rings (SSSR count). The summed E-state index contributed by atoms with van der Waals surface area (Å²) in [6.45, 7) is 2.33. The molecule has 0 amide bonds. The summed E-state index contributed by atoms with van der Waals surface area (Å²) in [7, 11) is 4.33. The molecule has 0 N–H and O–H groups in total. The fraction of sp³-hybridized carbons (Fsp3) is 0.579. The van der Waals surface area contributed by atoms with E-state index >= 15 is 0 Å². The second-order valence-electron chi connectivity index (χ2n) is 6.67. The Morgan fingerprint density at radius 1 is 1.00 bits per heavy atom. The number of nitrogens with zero attached hydrogens (tertiary/aromatic N) is 2. The van der Waals surface area contributed by atoms with E-state index in [9.17, 15) is 0 Å². The first-order valence-corrected chi connectivity index (χ1v) is 8.51. The Hall–Kier alpha value is -0.990. The van der Waals surface area contributed by atoms with Crippen molar-refractivity contribution in [3.8, 4) is 0 Å². The van der Waals surface area contributed by atoms with E-state index in [1.165, 1.54) is 62.4 Å². The Bertz CT molecular complexity index is 601. The first-order chi connectivity index (χ1) is 10.3. The van der Waals surface area contributed by atoms with Crippen LogP contribution in [0.2, 0.25) is 0 Å². The van der Waals surface area contributed by atoms with Gasteiger partial charge in [0, 0.05) is 23.1 Å². The van der Waals surface area contributed by atoms with E-state index < -0.39 is 0 Å². The zero-order chi connectivity index (χ0) is 14.7. The van der Waals surface area contributed by atoms with Gasteiger partial charge in [0.2, 0.25) is 0 Å². The Morgan fingerprint density at radius 2 is 1.73 bits per heavy atom. The van der Waals surface area contributed by atoms with Crippen molar-refractivity contribution in [1.29, 1.82) is 0 Å². The van der Waals surface area contributed by atoms with Crippen molar-refractivity contribution in [3.05, 3.63) is 35.5 Å². The number of benzene rings is 1. The highest BCUT2D eigenvalue weighted by Gasteiger charge is 2.17. The van der Waals surface area contributed by atoms with Crippen molar-refractivity contribution in [2.24, 2.45) is 0 Å². The van der Waals surface area contributed by atoms with Crippen LogP contribution in [-0.4, -0.2) is 30.1 Å². The Morgan fingerprint density at radius 3 is 2.50 bits per heavy atom. The van der Waals surface area contributed by atoms with Crippen LogP contribution in [0.15, 0.2) is 24.3 Å². The lowest BCUT2D eigenvalue weighted by Gasteiger charge is -2.16. The largest absolute Gasteiger partial charge is 1.00 e. The van der Waals surface area contributed by atoms with Crippen LogP contribution in [0.1, 0.15) is 43.4 Å². The highest BCUT2D eigenvalue weighted by molar-refractivity contribution is 5.85. The van der Waals surface area contributed by atoms with Crippen LogP contribution in [0.3, 0.4) is 0 Å². The van der Waals surface area contributed by atoms with Crippen molar-refractivity contribution in [3.63, 3.8) is 0 Å². The second-order valence-corrected chi connectivity index (χ2v) is 6.67. The minimum absolute atomic E-state index is 0. The minimum Gasteiger partial charge on any atom is -1.00 e. The third-order valence-corrected chi connectivity index (χ3v) is 4.77. The summed E-state index contributed by atoms with van der Waals surface area (Å²) >= 11 is 0. The highest BCUT2D eigenvalue weighted by Crippen LogP contribution is 2.31. The Labute approximate surface area is 140 Å². The molecule has 0 aliphatic heterocycles. The minimum atomic E-state index is 0. The van der Waals surface area contributed by atoms with Gasteiger partial charge >= 0.3 is 0 Å². The number of rotatable bonds is 4. The van der Waals surface area contributed by atoms with E-state index in [1.54, 1.807) is 11.3 Å². The van der Waals surface area contributed by atoms with Crippen molar-refractivity contribution in [2.75, 3.05) is 20.6 Å². The van der Waals surface area contributed by atoms with Gasteiger partial charge in [-0.2, -0.15) is 0 Å². The average Bonchev–Trinajstić information content (AvgIpc) is 2.71. The molecule has 0 saturated carbocycles. The van der Waals surface area contributed by atoms with Crippen molar-refractivity contribution < 1.29 is 12.4 Å². The molecule has 1 aromatic carbocycles. The summed E-state index contributed by atoms with van der Waals surface area (Å²) in [6, 6.07) is 9.04. The summed E-state index contributed by atoms with van der Waals surface area (Å²) in [5.74, 6) is 0. The van der Waals surface area contributed by atoms with Crippen LogP contribution in [0.5, 0.6) is 0 Å². The van der Waals surface area contributed by atoms with Gasteiger partial charge in [-0.3, -0.25) is 0 Å². The SMILES string of the molecule is CN(C)CCCn1c2c(c3ccccc31)CCCCCC2.[Cl-]. The van der Waals surface area contributed by atoms with Crippen molar-refractivity contribution in [1.82, 2.24) is 9.47 Å². The zero-order valence-corrected chi connectivity index (χ0v) is 14.7. The van der Waals surface area contributed by atoms with Crippen LogP contribution in [0, 0.1) is 0 Å². The number of aryl methyl sites for hydroxylation is 2. The predicted molar refractivity (Wildman–Crippen MR) is 91.0 cm³/mol. The summed E-state index contributed by atoms with van der Waals surface area (Å²) in [5, 5.41) is 1.51. The van der Waals surface area contributed by atoms with E-state index in [4.69, 9.17) is 0 Å². The van der Waals surface area contributed by atoms with Gasteiger partial charge in [0.15, 0.2) is 0 Å². The molecule has 1 heterocycles. The van der Waals surface area contributed by atoms with Crippen LogP contribution in [-0.2, 0) is 19.4 Å². The average molecular weight is 320 g/mol. The lowest BCUT2D eigenvalue weighted by atomic mass is 9.97. The standard InChI is InChI=1S/C19H28N2.ClH/c1-20(2)14-9-15-21-18-12-6-4-3-5-10-16(18)17-11-7-8-13-19(17)21;/h7-8,11,13H,3-6,9-10,12,14-15H2,1-2H3;1H/p-1. The topological polar surface area (TPSA) is 8.17 Å². The molecular weight excluding hydrogens is 292 g/mol. The van der Waals surface area contributed by atoms with Gasteiger partial charge in [-0.25, -0.2) is 0 Å². The molecule has 1 aromatic heterocycles. The molecule has 2 aromatic rings. The molecular formula is C19H28ClN2-. The van der Waals surface area contributed by atoms with Gasteiger partial charge in [0.05, 0.1) is 0 Å². The maximum absolute atomic E-state index is 2.62. The lowest BCUT2D eigenvalue weighted by Crippen LogP contribution is -3.00. The Balaban J connectivity index is 0.00000176. The molecule has 3 heteroatoms. The summed E-state index contributed by atoms with van der Waals surface area (Å²) in [5.41, 5.74) is 4.74. The molecule has 0 fully saturated rings. The van der Waals surface area contributed by atoms with E-state index in [-0.39, 0.29) is 12.4 Å². The van der Waals surface area contributed by atoms with Gasteiger partial charge in [-0.15, -0.1) is 0 Å². The second kappa shape index (κ2) is 8.03. The van der Waals surface area contributed by atoms with Gasteiger partial charge in [0.1, 0.15) is 0 Å². The summed E-state index contributed by atoms with van der Waals surface area (Å²) in [6.07, 6.45) is 9.30. The van der Waals surface area contributed by atoms with Gasteiger partial charge < -0.3 is 21.9 Å². The molecule has 2 nitrogen and oxygen atoms in total. The molecule has 0 bridgehead atoms. The number of aromatic nitrogens is 1. The number of halogens is 1. The van der Waals surface area contributed by atoms with Crippen LogP contribution < -0.4 is 12.4 Å². The Kier molecular flexibility index (Phi) is 6.34. The third-order valence-electron chi connectivity index (χ3n) is 4.77. The maximum atomic E-state index is 2.62. The molecule has 0 spiro atoms.